The third kappa shape index (κ3) is 4.05. The number of methoxy groups -OCH3 is 2. The van der Waals surface area contributed by atoms with Gasteiger partial charge in [-0.05, 0) is 18.6 Å². The Hall–Kier alpha value is -3.56. The number of Topliss-reactive ketones (excluding diaryl/α,β-unsaturated/α-hetero) is 1. The quantitative estimate of drug-likeness (QED) is 0.491. The third-order valence-corrected chi connectivity index (χ3v) is 3.93. The number of aromatic nitrogens is 2. The summed E-state index contributed by atoms with van der Waals surface area (Å²) in [6.45, 7) is 1.28. The highest BCUT2D eigenvalue weighted by Gasteiger charge is 2.24. The number of ketones is 1. The number of nitrogens with zero attached hydrogens (tertiary/aromatic N) is 1. The highest BCUT2D eigenvalue weighted by atomic mass is 16.5. The van der Waals surface area contributed by atoms with Crippen LogP contribution in [0.15, 0.2) is 27.8 Å². The number of carbonyl (C=O) groups excluding carboxylic acids is 2. The van der Waals surface area contributed by atoms with Gasteiger partial charge in [0.2, 0.25) is 5.78 Å². The van der Waals surface area contributed by atoms with Crippen molar-refractivity contribution in [2.45, 2.75) is 19.9 Å². The average Bonchev–Trinajstić information content (AvgIpc) is 2.68. The summed E-state index contributed by atoms with van der Waals surface area (Å²) in [5.41, 5.74) is 3.73. The van der Waals surface area contributed by atoms with Gasteiger partial charge in [0.15, 0.2) is 6.61 Å². The normalized spacial score (nSPS) is 10.4. The summed E-state index contributed by atoms with van der Waals surface area (Å²) >= 11 is 0. The van der Waals surface area contributed by atoms with E-state index in [-0.39, 0.29) is 29.4 Å². The number of carbonyl (C=O) groups is 2. The number of hydrogen-bond acceptors (Lipinski definition) is 8. The molecule has 10 nitrogen and oxygen atoms in total. The summed E-state index contributed by atoms with van der Waals surface area (Å²) in [6.07, 6.45) is 0.562. The van der Waals surface area contributed by atoms with E-state index in [9.17, 15) is 19.2 Å². The number of hydrogen-bond donors (Lipinski definition) is 2. The van der Waals surface area contributed by atoms with E-state index in [4.69, 9.17) is 19.9 Å². The molecule has 1 aromatic heterocycles. The zero-order chi connectivity index (χ0) is 20.8. The lowest BCUT2D eigenvalue weighted by molar-refractivity contribution is 0.0467. The second kappa shape index (κ2) is 8.89. The molecule has 0 atom stereocenters. The van der Waals surface area contributed by atoms with Crippen LogP contribution in [0.2, 0.25) is 0 Å². The summed E-state index contributed by atoms with van der Waals surface area (Å²) in [4.78, 5) is 50.8. The van der Waals surface area contributed by atoms with Crippen molar-refractivity contribution >= 4 is 17.6 Å². The van der Waals surface area contributed by atoms with Crippen LogP contribution in [0.25, 0.3) is 0 Å². The molecule has 0 amide bonds. The summed E-state index contributed by atoms with van der Waals surface area (Å²) in [6, 6.07) is 4.69. The SMILES string of the molecule is CCCn1c(N)c(C(=O)COC(=O)c2c(OC)cccc2OC)c(=O)[nH]c1=O. The smallest absolute Gasteiger partial charge is 0.346 e. The molecule has 0 radical (unpaired) electrons. The van der Waals surface area contributed by atoms with E-state index in [1.165, 1.54) is 26.4 Å². The Labute approximate surface area is 159 Å². The van der Waals surface area contributed by atoms with E-state index in [1.54, 1.807) is 13.0 Å². The van der Waals surface area contributed by atoms with E-state index in [1.807, 2.05) is 4.98 Å². The van der Waals surface area contributed by atoms with Crippen molar-refractivity contribution in [1.29, 1.82) is 0 Å². The van der Waals surface area contributed by atoms with Crippen molar-refractivity contribution in [3.63, 3.8) is 0 Å². The van der Waals surface area contributed by atoms with Gasteiger partial charge < -0.3 is 19.9 Å². The van der Waals surface area contributed by atoms with Crippen molar-refractivity contribution in [2.75, 3.05) is 26.6 Å². The second-order valence-electron chi connectivity index (χ2n) is 5.71. The Morgan fingerprint density at radius 2 is 1.71 bits per heavy atom. The Morgan fingerprint density at radius 1 is 1.11 bits per heavy atom. The Kier molecular flexibility index (Phi) is 6.59. The van der Waals surface area contributed by atoms with E-state index in [0.29, 0.717) is 6.42 Å². The third-order valence-electron chi connectivity index (χ3n) is 3.93. The standard InChI is InChI=1S/C18H21N3O7/c1-4-8-21-15(19)13(16(23)20-18(21)25)10(22)9-28-17(24)14-11(26-2)6-5-7-12(14)27-3/h5-7H,4,8-9,19H2,1-3H3,(H,20,23,25). The lowest BCUT2D eigenvalue weighted by atomic mass is 10.1. The maximum absolute atomic E-state index is 12.4. The maximum atomic E-state index is 12.4. The minimum absolute atomic E-state index is 0.00173. The molecule has 0 fully saturated rings. The minimum Gasteiger partial charge on any atom is -0.496 e. The first-order valence-corrected chi connectivity index (χ1v) is 8.39. The number of aromatic amines is 1. The molecule has 2 aromatic rings. The number of anilines is 1. The fourth-order valence-corrected chi connectivity index (χ4v) is 2.63. The fourth-order valence-electron chi connectivity index (χ4n) is 2.63. The first kappa shape index (κ1) is 20.7. The minimum atomic E-state index is -0.939. The number of esters is 1. The van der Waals surface area contributed by atoms with Gasteiger partial charge in [0, 0.05) is 6.54 Å². The highest BCUT2D eigenvalue weighted by molar-refractivity contribution is 6.03. The molecule has 10 heteroatoms. The molecule has 0 bridgehead atoms. The van der Waals surface area contributed by atoms with Crippen LogP contribution in [0.5, 0.6) is 11.5 Å². The van der Waals surface area contributed by atoms with Crippen LogP contribution in [-0.2, 0) is 11.3 Å². The van der Waals surface area contributed by atoms with Gasteiger partial charge in [-0.3, -0.25) is 19.1 Å². The van der Waals surface area contributed by atoms with Crippen molar-refractivity contribution in [3.8, 4) is 11.5 Å². The molecule has 0 saturated heterocycles. The number of ether oxygens (including phenoxy) is 3. The Balaban J connectivity index is 2.29. The van der Waals surface area contributed by atoms with Gasteiger partial charge in [0.1, 0.15) is 28.4 Å². The molecular formula is C18H21N3O7. The zero-order valence-corrected chi connectivity index (χ0v) is 15.7. The molecular weight excluding hydrogens is 370 g/mol. The van der Waals surface area contributed by atoms with Crippen LogP contribution in [0.3, 0.4) is 0 Å². The van der Waals surface area contributed by atoms with Crippen molar-refractivity contribution in [2.24, 2.45) is 0 Å². The first-order valence-electron chi connectivity index (χ1n) is 8.39. The second-order valence-corrected chi connectivity index (χ2v) is 5.71. The van der Waals surface area contributed by atoms with E-state index >= 15 is 0 Å². The van der Waals surface area contributed by atoms with Crippen LogP contribution < -0.4 is 26.5 Å². The molecule has 3 N–H and O–H groups in total. The number of nitrogens with one attached hydrogen (secondary N) is 1. The van der Waals surface area contributed by atoms with Gasteiger partial charge in [0.05, 0.1) is 14.2 Å². The van der Waals surface area contributed by atoms with Gasteiger partial charge in [0.25, 0.3) is 5.56 Å². The van der Waals surface area contributed by atoms with Gasteiger partial charge in [-0.2, -0.15) is 0 Å². The molecule has 150 valence electrons. The van der Waals surface area contributed by atoms with Gasteiger partial charge >= 0.3 is 11.7 Å². The summed E-state index contributed by atoms with van der Waals surface area (Å²) in [5, 5.41) is 0. The van der Waals surface area contributed by atoms with Crippen LogP contribution >= 0.6 is 0 Å². The molecule has 0 aliphatic rings. The van der Waals surface area contributed by atoms with Gasteiger partial charge in [-0.15, -0.1) is 0 Å². The zero-order valence-electron chi connectivity index (χ0n) is 15.7. The maximum Gasteiger partial charge on any atom is 0.346 e. The van der Waals surface area contributed by atoms with Gasteiger partial charge in [-0.1, -0.05) is 13.0 Å². The predicted octanol–water partition coefficient (Wildman–Crippen LogP) is 0.586. The van der Waals surface area contributed by atoms with E-state index < -0.39 is 35.2 Å². The average molecular weight is 391 g/mol. The van der Waals surface area contributed by atoms with Crippen LogP contribution in [0, 0.1) is 0 Å². The van der Waals surface area contributed by atoms with Crippen molar-refractivity contribution in [1.82, 2.24) is 9.55 Å². The molecule has 28 heavy (non-hydrogen) atoms. The fraction of sp³-hybridized carbons (Fsp3) is 0.333. The number of nitrogens with two attached hydrogens (primary N) is 1. The van der Waals surface area contributed by atoms with Crippen LogP contribution in [0.1, 0.15) is 34.1 Å². The monoisotopic (exact) mass is 391 g/mol. The number of nitrogen functional groups attached to an aromatic ring is 1. The van der Waals surface area contributed by atoms with Crippen LogP contribution in [0.4, 0.5) is 5.82 Å². The molecule has 0 saturated carbocycles. The molecule has 2 rings (SSSR count). The highest BCUT2D eigenvalue weighted by Crippen LogP contribution is 2.28. The molecule has 0 aliphatic heterocycles. The molecule has 1 heterocycles. The topological polar surface area (TPSA) is 143 Å². The lowest BCUT2D eigenvalue weighted by Crippen LogP contribution is -2.37. The molecule has 0 spiro atoms. The summed E-state index contributed by atoms with van der Waals surface area (Å²) in [5.74, 6) is -1.59. The summed E-state index contributed by atoms with van der Waals surface area (Å²) < 4.78 is 16.3. The number of H-pyrrole nitrogens is 1. The number of benzene rings is 1. The Bertz CT molecular complexity index is 985. The van der Waals surface area contributed by atoms with Crippen molar-refractivity contribution in [3.05, 3.63) is 50.2 Å². The molecule has 0 aliphatic carbocycles. The largest absolute Gasteiger partial charge is 0.496 e. The van der Waals surface area contributed by atoms with Crippen LogP contribution in [-0.4, -0.2) is 42.1 Å². The summed E-state index contributed by atoms with van der Waals surface area (Å²) in [7, 11) is 2.74. The van der Waals surface area contributed by atoms with E-state index in [0.717, 1.165) is 4.57 Å². The number of rotatable bonds is 8. The molecule has 1 aromatic carbocycles. The lowest BCUT2D eigenvalue weighted by Gasteiger charge is -2.13. The van der Waals surface area contributed by atoms with Crippen molar-refractivity contribution < 1.29 is 23.8 Å². The predicted molar refractivity (Wildman–Crippen MR) is 100 cm³/mol. The van der Waals surface area contributed by atoms with Gasteiger partial charge in [-0.25, -0.2) is 9.59 Å². The first-order chi connectivity index (χ1) is 13.3. The van der Waals surface area contributed by atoms with E-state index in [2.05, 4.69) is 0 Å². The Morgan fingerprint density at radius 3 is 2.25 bits per heavy atom. The molecule has 0 unspecified atom stereocenters.